The predicted molar refractivity (Wildman–Crippen MR) is 73.1 cm³/mol. The van der Waals surface area contributed by atoms with E-state index in [-0.39, 0.29) is 5.82 Å². The Balaban J connectivity index is 2.08. The van der Waals surface area contributed by atoms with Gasteiger partial charge in [-0.3, -0.25) is 0 Å². The van der Waals surface area contributed by atoms with Crippen molar-refractivity contribution in [2.75, 3.05) is 13.6 Å². The van der Waals surface area contributed by atoms with Gasteiger partial charge in [0.2, 0.25) is 0 Å². The minimum atomic E-state index is -0.219. The molecule has 1 aromatic heterocycles. The van der Waals surface area contributed by atoms with Crippen LogP contribution in [-0.4, -0.2) is 23.1 Å². The molecule has 0 atom stereocenters. The molecule has 0 aliphatic heterocycles. The van der Waals surface area contributed by atoms with Crippen LogP contribution in [0.1, 0.15) is 11.3 Å². The first kappa shape index (κ1) is 13.2. The summed E-state index contributed by atoms with van der Waals surface area (Å²) in [5.41, 5.74) is 1.95. The summed E-state index contributed by atoms with van der Waals surface area (Å²) in [5, 5.41) is 3.09. The SMILES string of the molecule is CNCCc1cn(Cc2cc(F)ccc2Br)cn1. The zero-order valence-corrected chi connectivity index (χ0v) is 11.7. The van der Waals surface area contributed by atoms with Crippen LogP contribution < -0.4 is 5.32 Å². The Labute approximate surface area is 114 Å². The zero-order chi connectivity index (χ0) is 13.0. The molecular formula is C13H15BrFN3. The van der Waals surface area contributed by atoms with E-state index in [1.165, 1.54) is 12.1 Å². The number of aromatic nitrogens is 2. The first-order valence-electron chi connectivity index (χ1n) is 5.78. The molecule has 2 aromatic rings. The number of benzene rings is 1. The van der Waals surface area contributed by atoms with Crippen molar-refractivity contribution in [1.29, 1.82) is 0 Å². The molecule has 5 heteroatoms. The second kappa shape index (κ2) is 6.11. The molecule has 3 nitrogen and oxygen atoms in total. The summed E-state index contributed by atoms with van der Waals surface area (Å²) in [6, 6.07) is 4.71. The largest absolute Gasteiger partial charge is 0.333 e. The van der Waals surface area contributed by atoms with Gasteiger partial charge in [-0.25, -0.2) is 9.37 Å². The lowest BCUT2D eigenvalue weighted by Gasteiger charge is -2.05. The minimum absolute atomic E-state index is 0.219. The highest BCUT2D eigenvalue weighted by Gasteiger charge is 2.04. The maximum Gasteiger partial charge on any atom is 0.123 e. The van der Waals surface area contributed by atoms with Crippen LogP contribution in [0.25, 0.3) is 0 Å². The molecule has 0 saturated heterocycles. The van der Waals surface area contributed by atoms with Crippen LogP contribution in [-0.2, 0) is 13.0 Å². The standard InChI is InChI=1S/C13H15BrFN3/c1-16-5-4-12-8-18(9-17-12)7-10-6-11(15)2-3-13(10)14/h2-3,6,8-9,16H,4-5,7H2,1H3. The normalized spacial score (nSPS) is 10.8. The molecule has 1 aromatic carbocycles. The van der Waals surface area contributed by atoms with E-state index >= 15 is 0 Å². The fourth-order valence-electron chi connectivity index (χ4n) is 1.74. The van der Waals surface area contributed by atoms with E-state index in [2.05, 4.69) is 26.2 Å². The first-order chi connectivity index (χ1) is 8.69. The predicted octanol–water partition coefficient (Wildman–Crippen LogP) is 2.59. The van der Waals surface area contributed by atoms with Gasteiger partial charge in [-0.05, 0) is 30.8 Å². The van der Waals surface area contributed by atoms with Crippen molar-refractivity contribution in [2.24, 2.45) is 0 Å². The third-order valence-electron chi connectivity index (χ3n) is 2.68. The Kier molecular flexibility index (Phi) is 4.49. The Hall–Kier alpha value is -1.20. The summed E-state index contributed by atoms with van der Waals surface area (Å²) in [6.07, 6.45) is 4.67. The maximum absolute atomic E-state index is 13.2. The molecule has 0 amide bonds. The molecule has 0 fully saturated rings. The third-order valence-corrected chi connectivity index (χ3v) is 3.45. The minimum Gasteiger partial charge on any atom is -0.333 e. The number of nitrogens with one attached hydrogen (secondary N) is 1. The van der Waals surface area contributed by atoms with Crippen molar-refractivity contribution < 1.29 is 4.39 Å². The fourth-order valence-corrected chi connectivity index (χ4v) is 2.11. The lowest BCUT2D eigenvalue weighted by atomic mass is 10.2. The Morgan fingerprint density at radius 2 is 2.28 bits per heavy atom. The molecule has 0 aliphatic carbocycles. The molecule has 0 unspecified atom stereocenters. The molecule has 0 aliphatic rings. The van der Waals surface area contributed by atoms with E-state index in [9.17, 15) is 4.39 Å². The van der Waals surface area contributed by atoms with Gasteiger partial charge in [-0.15, -0.1) is 0 Å². The van der Waals surface area contributed by atoms with Crippen molar-refractivity contribution in [2.45, 2.75) is 13.0 Å². The van der Waals surface area contributed by atoms with Crippen molar-refractivity contribution >= 4 is 15.9 Å². The van der Waals surface area contributed by atoms with E-state index in [0.717, 1.165) is 28.7 Å². The summed E-state index contributed by atoms with van der Waals surface area (Å²) >= 11 is 3.43. The van der Waals surface area contributed by atoms with E-state index < -0.39 is 0 Å². The summed E-state index contributed by atoms with van der Waals surface area (Å²) in [7, 11) is 1.92. The molecule has 18 heavy (non-hydrogen) atoms. The smallest absolute Gasteiger partial charge is 0.123 e. The van der Waals surface area contributed by atoms with E-state index in [1.807, 2.05) is 17.8 Å². The second-order valence-electron chi connectivity index (χ2n) is 4.13. The maximum atomic E-state index is 13.2. The molecule has 2 rings (SSSR count). The quantitative estimate of drug-likeness (QED) is 0.920. The van der Waals surface area contributed by atoms with Crippen LogP contribution in [0.15, 0.2) is 35.2 Å². The summed E-state index contributed by atoms with van der Waals surface area (Å²) < 4.78 is 16.0. The van der Waals surface area contributed by atoms with Gasteiger partial charge in [0.25, 0.3) is 0 Å². The average Bonchev–Trinajstić information content (AvgIpc) is 2.79. The summed E-state index contributed by atoms with van der Waals surface area (Å²) in [5.74, 6) is -0.219. The van der Waals surface area contributed by atoms with Crippen LogP contribution in [0.5, 0.6) is 0 Å². The number of likely N-dealkylation sites (N-methyl/N-ethyl adjacent to an activating group) is 1. The van der Waals surface area contributed by atoms with Gasteiger partial charge in [0.05, 0.1) is 12.0 Å². The van der Waals surface area contributed by atoms with Crippen molar-refractivity contribution in [3.63, 3.8) is 0 Å². The van der Waals surface area contributed by atoms with Gasteiger partial charge in [0.1, 0.15) is 5.82 Å². The van der Waals surface area contributed by atoms with Gasteiger partial charge >= 0.3 is 0 Å². The van der Waals surface area contributed by atoms with Crippen LogP contribution >= 0.6 is 15.9 Å². The topological polar surface area (TPSA) is 29.9 Å². The van der Waals surface area contributed by atoms with Crippen molar-refractivity contribution in [3.8, 4) is 0 Å². The molecule has 0 spiro atoms. The Bertz CT molecular complexity index is 525. The highest BCUT2D eigenvalue weighted by atomic mass is 79.9. The van der Waals surface area contributed by atoms with E-state index in [1.54, 1.807) is 12.4 Å². The lowest BCUT2D eigenvalue weighted by molar-refractivity contribution is 0.623. The van der Waals surface area contributed by atoms with Gasteiger partial charge in [-0.2, -0.15) is 0 Å². The van der Waals surface area contributed by atoms with Gasteiger partial charge in [0, 0.05) is 30.2 Å². The molecule has 96 valence electrons. The molecule has 0 radical (unpaired) electrons. The number of hydrogen-bond acceptors (Lipinski definition) is 2. The Morgan fingerprint density at radius 3 is 3.06 bits per heavy atom. The Morgan fingerprint density at radius 1 is 1.44 bits per heavy atom. The van der Waals surface area contributed by atoms with Crippen LogP contribution in [0.4, 0.5) is 4.39 Å². The lowest BCUT2D eigenvalue weighted by Crippen LogP contribution is -2.10. The summed E-state index contributed by atoms with van der Waals surface area (Å²) in [4.78, 5) is 4.32. The summed E-state index contributed by atoms with van der Waals surface area (Å²) in [6.45, 7) is 1.52. The monoisotopic (exact) mass is 311 g/mol. The third kappa shape index (κ3) is 3.40. The zero-order valence-electron chi connectivity index (χ0n) is 10.2. The number of hydrogen-bond donors (Lipinski definition) is 1. The van der Waals surface area contributed by atoms with Crippen LogP contribution in [0, 0.1) is 5.82 Å². The molecule has 1 N–H and O–H groups in total. The van der Waals surface area contributed by atoms with Gasteiger partial charge < -0.3 is 9.88 Å². The van der Waals surface area contributed by atoms with Crippen LogP contribution in [0.2, 0.25) is 0 Å². The fraction of sp³-hybridized carbons (Fsp3) is 0.308. The number of nitrogens with zero attached hydrogens (tertiary/aromatic N) is 2. The second-order valence-corrected chi connectivity index (χ2v) is 4.98. The van der Waals surface area contributed by atoms with Crippen molar-refractivity contribution in [3.05, 3.63) is 52.3 Å². The molecule has 1 heterocycles. The van der Waals surface area contributed by atoms with E-state index in [4.69, 9.17) is 0 Å². The number of halogens is 2. The van der Waals surface area contributed by atoms with Crippen LogP contribution in [0.3, 0.4) is 0 Å². The molecular weight excluding hydrogens is 297 g/mol. The highest BCUT2D eigenvalue weighted by molar-refractivity contribution is 9.10. The highest BCUT2D eigenvalue weighted by Crippen LogP contribution is 2.19. The molecule has 0 saturated carbocycles. The van der Waals surface area contributed by atoms with Gasteiger partial charge in [-0.1, -0.05) is 15.9 Å². The average molecular weight is 312 g/mol. The number of imidazole rings is 1. The van der Waals surface area contributed by atoms with Gasteiger partial charge in [0.15, 0.2) is 0 Å². The molecule has 0 bridgehead atoms. The number of rotatable bonds is 5. The van der Waals surface area contributed by atoms with Crippen molar-refractivity contribution in [1.82, 2.24) is 14.9 Å². The first-order valence-corrected chi connectivity index (χ1v) is 6.57. The van der Waals surface area contributed by atoms with E-state index in [0.29, 0.717) is 6.54 Å².